The van der Waals surface area contributed by atoms with Crippen molar-refractivity contribution < 1.29 is 8.42 Å². The minimum atomic E-state index is -3.81. The van der Waals surface area contributed by atoms with E-state index in [0.29, 0.717) is 11.2 Å². The van der Waals surface area contributed by atoms with Gasteiger partial charge in [-0.15, -0.1) is 0 Å². The SMILES string of the molecule is Cc1ccn2cc(-c3cccc(NS(=O)(=O)c4cccc5cccnc45)c3)nc2c1. The molecule has 148 valence electrons. The van der Waals surface area contributed by atoms with Crippen LogP contribution in [0.1, 0.15) is 5.56 Å². The minimum absolute atomic E-state index is 0.147. The van der Waals surface area contributed by atoms with E-state index in [1.54, 1.807) is 36.5 Å². The van der Waals surface area contributed by atoms with E-state index >= 15 is 0 Å². The van der Waals surface area contributed by atoms with Crippen LogP contribution in [0.2, 0.25) is 0 Å². The second-order valence-electron chi connectivity index (χ2n) is 7.11. The number of hydrogen-bond acceptors (Lipinski definition) is 4. The number of imidazole rings is 1. The first-order valence-electron chi connectivity index (χ1n) is 9.42. The van der Waals surface area contributed by atoms with Crippen LogP contribution < -0.4 is 4.72 Å². The lowest BCUT2D eigenvalue weighted by atomic mass is 10.1. The normalized spacial score (nSPS) is 11.8. The number of fused-ring (bicyclic) bond motifs is 2. The van der Waals surface area contributed by atoms with Gasteiger partial charge in [0.1, 0.15) is 10.5 Å². The van der Waals surface area contributed by atoms with Gasteiger partial charge in [0.15, 0.2) is 0 Å². The van der Waals surface area contributed by atoms with Gasteiger partial charge in [0.05, 0.1) is 11.2 Å². The van der Waals surface area contributed by atoms with E-state index in [1.807, 2.05) is 60.1 Å². The van der Waals surface area contributed by atoms with Crippen LogP contribution in [0.4, 0.5) is 5.69 Å². The molecule has 30 heavy (non-hydrogen) atoms. The van der Waals surface area contributed by atoms with Crippen molar-refractivity contribution in [2.75, 3.05) is 4.72 Å². The van der Waals surface area contributed by atoms with E-state index in [2.05, 4.69) is 14.7 Å². The highest BCUT2D eigenvalue weighted by Gasteiger charge is 2.18. The first kappa shape index (κ1) is 18.3. The van der Waals surface area contributed by atoms with Crippen LogP contribution in [0.3, 0.4) is 0 Å². The molecule has 0 saturated heterocycles. The van der Waals surface area contributed by atoms with Gasteiger partial charge < -0.3 is 4.40 Å². The fraction of sp³-hybridized carbons (Fsp3) is 0.0435. The van der Waals surface area contributed by atoms with E-state index in [-0.39, 0.29) is 4.90 Å². The first-order chi connectivity index (χ1) is 14.5. The lowest BCUT2D eigenvalue weighted by molar-refractivity contribution is 0.602. The number of nitrogens with zero attached hydrogens (tertiary/aromatic N) is 3. The van der Waals surface area contributed by atoms with Crippen molar-refractivity contribution in [3.05, 3.63) is 90.9 Å². The molecule has 0 aliphatic rings. The number of benzene rings is 2. The zero-order valence-electron chi connectivity index (χ0n) is 16.1. The van der Waals surface area contributed by atoms with Gasteiger partial charge >= 0.3 is 0 Å². The predicted molar refractivity (Wildman–Crippen MR) is 118 cm³/mol. The molecule has 0 atom stereocenters. The number of aryl methyl sites for hydroxylation is 1. The topological polar surface area (TPSA) is 76.4 Å². The van der Waals surface area contributed by atoms with Crippen LogP contribution in [-0.4, -0.2) is 22.8 Å². The number of pyridine rings is 2. The third-order valence-corrected chi connectivity index (χ3v) is 6.32. The average molecular weight is 414 g/mol. The fourth-order valence-corrected chi connectivity index (χ4v) is 4.70. The molecular formula is C23H18N4O2S. The zero-order valence-corrected chi connectivity index (χ0v) is 17.0. The molecule has 3 aromatic heterocycles. The van der Waals surface area contributed by atoms with E-state index < -0.39 is 10.0 Å². The highest BCUT2D eigenvalue weighted by atomic mass is 32.2. The summed E-state index contributed by atoms with van der Waals surface area (Å²) in [4.78, 5) is 9.06. The molecule has 5 rings (SSSR count). The van der Waals surface area contributed by atoms with Crippen LogP contribution in [0.5, 0.6) is 0 Å². The second-order valence-corrected chi connectivity index (χ2v) is 8.76. The number of para-hydroxylation sites is 1. The number of aromatic nitrogens is 3. The van der Waals surface area contributed by atoms with E-state index in [0.717, 1.165) is 27.9 Å². The van der Waals surface area contributed by atoms with Crippen LogP contribution in [-0.2, 0) is 10.0 Å². The van der Waals surface area contributed by atoms with Crippen molar-refractivity contribution in [2.45, 2.75) is 11.8 Å². The number of rotatable bonds is 4. The maximum absolute atomic E-state index is 13.1. The van der Waals surface area contributed by atoms with Crippen molar-refractivity contribution in [2.24, 2.45) is 0 Å². The number of anilines is 1. The van der Waals surface area contributed by atoms with Crippen LogP contribution in [0.15, 0.2) is 90.2 Å². The molecule has 1 N–H and O–H groups in total. The van der Waals surface area contributed by atoms with Gasteiger partial charge in [-0.05, 0) is 48.9 Å². The summed E-state index contributed by atoms with van der Waals surface area (Å²) in [7, 11) is -3.81. The van der Waals surface area contributed by atoms with Gasteiger partial charge in [0, 0.05) is 35.2 Å². The summed E-state index contributed by atoms with van der Waals surface area (Å²) in [6.45, 7) is 2.02. The van der Waals surface area contributed by atoms with Crippen molar-refractivity contribution in [1.82, 2.24) is 14.4 Å². The maximum Gasteiger partial charge on any atom is 0.264 e. The molecule has 6 nitrogen and oxygen atoms in total. The van der Waals surface area contributed by atoms with Crippen molar-refractivity contribution in [1.29, 1.82) is 0 Å². The number of sulfonamides is 1. The summed E-state index contributed by atoms with van der Waals surface area (Å²) in [6.07, 6.45) is 5.48. The molecule has 3 heterocycles. The van der Waals surface area contributed by atoms with E-state index in [9.17, 15) is 8.42 Å². The van der Waals surface area contributed by atoms with Gasteiger partial charge in [0.25, 0.3) is 10.0 Å². The van der Waals surface area contributed by atoms with Gasteiger partial charge in [-0.3, -0.25) is 9.71 Å². The van der Waals surface area contributed by atoms with Crippen LogP contribution in [0.25, 0.3) is 27.8 Å². The van der Waals surface area contributed by atoms with Crippen LogP contribution >= 0.6 is 0 Å². The third kappa shape index (κ3) is 3.29. The summed E-state index contributed by atoms with van der Waals surface area (Å²) in [5.41, 5.74) is 4.48. The summed E-state index contributed by atoms with van der Waals surface area (Å²) >= 11 is 0. The quantitative estimate of drug-likeness (QED) is 0.464. The Balaban J connectivity index is 1.52. The summed E-state index contributed by atoms with van der Waals surface area (Å²) in [5, 5.41) is 0.772. The monoisotopic (exact) mass is 414 g/mol. The largest absolute Gasteiger partial charge is 0.306 e. The second kappa shape index (κ2) is 6.96. The Morgan fingerprint density at radius 1 is 0.967 bits per heavy atom. The van der Waals surface area contributed by atoms with Gasteiger partial charge in [0.2, 0.25) is 0 Å². The molecule has 2 aromatic carbocycles. The Morgan fingerprint density at radius 2 is 1.80 bits per heavy atom. The molecule has 0 unspecified atom stereocenters. The van der Waals surface area contributed by atoms with Crippen molar-refractivity contribution in [3.8, 4) is 11.3 Å². The maximum atomic E-state index is 13.1. The number of nitrogens with one attached hydrogen (secondary N) is 1. The Labute approximate surface area is 173 Å². The molecule has 0 aliphatic carbocycles. The minimum Gasteiger partial charge on any atom is -0.306 e. The van der Waals surface area contributed by atoms with Gasteiger partial charge in [-0.2, -0.15) is 0 Å². The van der Waals surface area contributed by atoms with E-state index in [4.69, 9.17) is 0 Å². The highest BCUT2D eigenvalue weighted by molar-refractivity contribution is 7.93. The average Bonchev–Trinajstić information content (AvgIpc) is 3.16. The Morgan fingerprint density at radius 3 is 2.70 bits per heavy atom. The fourth-order valence-electron chi connectivity index (χ4n) is 3.47. The lowest BCUT2D eigenvalue weighted by Crippen LogP contribution is -2.13. The molecule has 7 heteroatoms. The molecule has 0 saturated carbocycles. The number of hydrogen-bond donors (Lipinski definition) is 1. The van der Waals surface area contributed by atoms with E-state index in [1.165, 1.54) is 0 Å². The Hall–Kier alpha value is -3.71. The molecule has 5 aromatic rings. The first-order valence-corrected chi connectivity index (χ1v) is 10.9. The van der Waals surface area contributed by atoms with Gasteiger partial charge in [-0.25, -0.2) is 13.4 Å². The van der Waals surface area contributed by atoms with Gasteiger partial charge in [-0.1, -0.05) is 30.3 Å². The predicted octanol–water partition coefficient (Wildman–Crippen LogP) is 4.66. The lowest BCUT2D eigenvalue weighted by Gasteiger charge is -2.10. The molecule has 0 fully saturated rings. The molecule has 0 amide bonds. The summed E-state index contributed by atoms with van der Waals surface area (Å²) < 4.78 is 30.8. The summed E-state index contributed by atoms with van der Waals surface area (Å²) in [5.74, 6) is 0. The Bertz CT molecular complexity index is 1500. The molecule has 0 bridgehead atoms. The smallest absolute Gasteiger partial charge is 0.264 e. The third-order valence-electron chi connectivity index (χ3n) is 4.91. The Kier molecular flexibility index (Phi) is 4.25. The van der Waals surface area contributed by atoms with Crippen molar-refractivity contribution >= 4 is 32.3 Å². The summed E-state index contributed by atoms with van der Waals surface area (Å²) in [6, 6.07) is 20.0. The molecule has 0 spiro atoms. The van der Waals surface area contributed by atoms with Crippen molar-refractivity contribution in [3.63, 3.8) is 0 Å². The standard InChI is InChI=1S/C23H18N4O2S/c1-16-10-12-27-15-20(25-22(27)13-16)18-6-2-8-19(14-18)26-30(28,29)21-9-3-5-17-7-4-11-24-23(17)21/h2-15,26H,1H3. The molecular weight excluding hydrogens is 396 g/mol. The molecule has 0 aliphatic heterocycles. The zero-order chi connectivity index (χ0) is 20.7. The molecule has 0 radical (unpaired) electrons. The van der Waals surface area contributed by atoms with Crippen LogP contribution in [0, 0.1) is 6.92 Å². The highest BCUT2D eigenvalue weighted by Crippen LogP contribution is 2.26.